The minimum Gasteiger partial charge on any atom is -0.360 e. The van der Waals surface area contributed by atoms with Gasteiger partial charge in [-0.3, -0.25) is 14.3 Å². The number of rotatable bonds is 9. The minimum atomic E-state index is -2.95. The molecule has 1 aliphatic rings. The highest BCUT2D eigenvalue weighted by Gasteiger charge is 2.30. The van der Waals surface area contributed by atoms with Gasteiger partial charge in [0.15, 0.2) is 22.3 Å². The molecule has 39 heavy (non-hydrogen) atoms. The first kappa shape index (κ1) is 26.7. The van der Waals surface area contributed by atoms with E-state index >= 15 is 0 Å². The molecular weight excluding hydrogens is 516 g/mol. The summed E-state index contributed by atoms with van der Waals surface area (Å²) in [6.07, 6.45) is 7.28. The molecule has 2 N–H and O–H groups in total. The van der Waals surface area contributed by atoms with Crippen LogP contribution in [0.15, 0.2) is 28.5 Å². The molecule has 4 aromatic rings. The topological polar surface area (TPSA) is 165 Å². The molecule has 0 aromatic carbocycles. The zero-order valence-corrected chi connectivity index (χ0v) is 23.5. The highest BCUT2D eigenvalue weighted by Crippen LogP contribution is 2.43. The molecular formula is C26H32N10O2S. The fourth-order valence-electron chi connectivity index (χ4n) is 4.40. The molecule has 0 amide bonds. The minimum absolute atomic E-state index is 0.139. The van der Waals surface area contributed by atoms with Gasteiger partial charge in [0.05, 0.1) is 57.0 Å². The SMILES string of the molecule is CC[C@H](C)n1c(=O)c(NCc2cnc(S(=N)(=O)CC)cn2)nc2c(C)nc(-c3c(C)ncnc3C3CC3)nc21. The van der Waals surface area contributed by atoms with Gasteiger partial charge < -0.3 is 5.32 Å². The number of fused-ring (bicyclic) bond motifs is 1. The zero-order valence-electron chi connectivity index (χ0n) is 22.7. The van der Waals surface area contributed by atoms with E-state index in [1.807, 2.05) is 27.7 Å². The van der Waals surface area contributed by atoms with Crippen molar-refractivity contribution in [2.45, 2.75) is 77.4 Å². The number of aromatic nitrogens is 8. The summed E-state index contributed by atoms with van der Waals surface area (Å²) in [6, 6.07) is -0.139. The fraction of sp³-hybridized carbons (Fsp3) is 0.462. The van der Waals surface area contributed by atoms with Crippen molar-refractivity contribution in [3.63, 3.8) is 0 Å². The van der Waals surface area contributed by atoms with Crippen molar-refractivity contribution in [2.75, 3.05) is 11.1 Å². The Morgan fingerprint density at radius 1 is 1.08 bits per heavy atom. The van der Waals surface area contributed by atoms with E-state index in [1.54, 1.807) is 17.8 Å². The van der Waals surface area contributed by atoms with Crippen LogP contribution in [-0.4, -0.2) is 49.4 Å². The van der Waals surface area contributed by atoms with Crippen molar-refractivity contribution in [2.24, 2.45) is 0 Å². The molecule has 0 radical (unpaired) electrons. The van der Waals surface area contributed by atoms with Gasteiger partial charge in [-0.25, -0.2) is 38.9 Å². The van der Waals surface area contributed by atoms with Gasteiger partial charge in [-0.15, -0.1) is 0 Å². The molecule has 0 saturated heterocycles. The van der Waals surface area contributed by atoms with Crippen molar-refractivity contribution >= 4 is 26.7 Å². The van der Waals surface area contributed by atoms with E-state index < -0.39 is 9.73 Å². The predicted molar refractivity (Wildman–Crippen MR) is 148 cm³/mol. The number of hydrogen-bond donors (Lipinski definition) is 2. The first-order valence-corrected chi connectivity index (χ1v) is 14.8. The van der Waals surface area contributed by atoms with Crippen LogP contribution in [0, 0.1) is 18.6 Å². The molecule has 1 unspecified atom stereocenters. The first-order chi connectivity index (χ1) is 18.6. The third kappa shape index (κ3) is 5.10. The van der Waals surface area contributed by atoms with E-state index in [2.05, 4.69) is 30.2 Å². The molecule has 4 aromatic heterocycles. The van der Waals surface area contributed by atoms with Crippen molar-refractivity contribution in [3.05, 3.63) is 51.9 Å². The normalized spacial score (nSPS) is 15.7. The summed E-state index contributed by atoms with van der Waals surface area (Å²) in [5, 5.41) is 3.23. The monoisotopic (exact) mass is 548 g/mol. The van der Waals surface area contributed by atoms with Crippen molar-refractivity contribution < 1.29 is 4.21 Å². The van der Waals surface area contributed by atoms with E-state index in [9.17, 15) is 9.00 Å². The molecule has 1 saturated carbocycles. The Kier molecular flexibility index (Phi) is 7.10. The Bertz CT molecular complexity index is 1710. The highest BCUT2D eigenvalue weighted by molar-refractivity contribution is 7.92. The third-order valence-corrected chi connectivity index (χ3v) is 8.76. The van der Waals surface area contributed by atoms with Crippen molar-refractivity contribution in [3.8, 4) is 11.4 Å². The molecule has 0 aliphatic heterocycles. The van der Waals surface area contributed by atoms with E-state index in [0.29, 0.717) is 40.7 Å². The number of hydrogen-bond acceptors (Lipinski definition) is 11. The number of aryl methyl sites for hydroxylation is 2. The maximum atomic E-state index is 13.7. The van der Waals surface area contributed by atoms with E-state index in [-0.39, 0.29) is 34.7 Å². The second-order valence-corrected chi connectivity index (χ2v) is 12.2. The summed E-state index contributed by atoms with van der Waals surface area (Å²) < 4.78 is 21.8. The van der Waals surface area contributed by atoms with E-state index in [0.717, 1.165) is 29.8 Å². The van der Waals surface area contributed by atoms with Gasteiger partial charge >= 0.3 is 0 Å². The van der Waals surface area contributed by atoms with Gasteiger partial charge in [-0.1, -0.05) is 13.8 Å². The summed E-state index contributed by atoms with van der Waals surface area (Å²) in [5.41, 5.74) is 4.47. The molecule has 12 nitrogen and oxygen atoms in total. The molecule has 5 rings (SSSR count). The lowest BCUT2D eigenvalue weighted by molar-refractivity contribution is 0.526. The van der Waals surface area contributed by atoms with Crippen molar-refractivity contribution in [1.29, 1.82) is 4.78 Å². The van der Waals surface area contributed by atoms with Gasteiger partial charge in [0.2, 0.25) is 0 Å². The van der Waals surface area contributed by atoms with Crippen LogP contribution in [0.3, 0.4) is 0 Å². The van der Waals surface area contributed by atoms with Gasteiger partial charge in [-0.2, -0.15) is 0 Å². The zero-order chi connectivity index (χ0) is 27.9. The maximum Gasteiger partial charge on any atom is 0.295 e. The summed E-state index contributed by atoms with van der Waals surface area (Å²) in [7, 11) is -2.95. The largest absolute Gasteiger partial charge is 0.360 e. The Morgan fingerprint density at radius 2 is 1.85 bits per heavy atom. The molecule has 4 heterocycles. The van der Waals surface area contributed by atoms with Gasteiger partial charge in [0, 0.05) is 17.7 Å². The van der Waals surface area contributed by atoms with Crippen LogP contribution in [0.4, 0.5) is 5.82 Å². The smallest absolute Gasteiger partial charge is 0.295 e. The lowest BCUT2D eigenvalue weighted by Crippen LogP contribution is -2.29. The van der Waals surface area contributed by atoms with Gasteiger partial charge in [0.25, 0.3) is 5.56 Å². The Morgan fingerprint density at radius 3 is 2.49 bits per heavy atom. The Hall–Kier alpha value is -3.87. The van der Waals surface area contributed by atoms with E-state index in [1.165, 1.54) is 12.4 Å². The average molecular weight is 549 g/mol. The lowest BCUT2D eigenvalue weighted by Gasteiger charge is -2.19. The summed E-state index contributed by atoms with van der Waals surface area (Å²) in [4.78, 5) is 45.4. The molecule has 1 fully saturated rings. The predicted octanol–water partition coefficient (Wildman–Crippen LogP) is 3.94. The van der Waals surface area contributed by atoms with Crippen molar-refractivity contribution in [1.82, 2.24) is 39.5 Å². The maximum absolute atomic E-state index is 13.7. The van der Waals surface area contributed by atoms with E-state index in [4.69, 9.17) is 14.7 Å². The molecule has 2 atom stereocenters. The second kappa shape index (κ2) is 10.4. The summed E-state index contributed by atoms with van der Waals surface area (Å²) >= 11 is 0. The van der Waals surface area contributed by atoms with Crippen LogP contribution in [0.25, 0.3) is 22.6 Å². The van der Waals surface area contributed by atoms with Crippen LogP contribution in [0.1, 0.15) is 74.8 Å². The average Bonchev–Trinajstić information content (AvgIpc) is 3.77. The quantitative estimate of drug-likeness (QED) is 0.313. The van der Waals surface area contributed by atoms with Crippen LogP contribution >= 0.6 is 0 Å². The van der Waals surface area contributed by atoms with Gasteiger partial charge in [-0.05, 0) is 40.0 Å². The summed E-state index contributed by atoms with van der Waals surface area (Å²) in [6.45, 7) is 9.64. The standard InChI is InChI=1S/C26H32N10O2S/c1-6-14(3)36-25-21(16(5)33-23(35-25)20-15(4)31-13-32-22(20)17-8-9-17)34-24(26(36)37)30-11-18-10-29-19(12-28-18)39(27,38)7-2/h10,12-14,17,27H,6-9,11H2,1-5H3,(H,30,34)/t14-,39?/m0/s1. The van der Waals surface area contributed by atoms with Crippen LogP contribution in [-0.2, 0) is 16.3 Å². The van der Waals surface area contributed by atoms with Gasteiger partial charge in [0.1, 0.15) is 11.8 Å². The molecule has 13 heteroatoms. The second-order valence-electron chi connectivity index (χ2n) is 9.85. The Labute approximate surface area is 226 Å². The Balaban J connectivity index is 1.57. The fourth-order valence-corrected chi connectivity index (χ4v) is 5.14. The molecule has 0 spiro atoms. The lowest BCUT2D eigenvalue weighted by atomic mass is 10.1. The number of anilines is 1. The molecule has 0 bridgehead atoms. The van der Waals surface area contributed by atoms with Crippen LogP contribution in [0.5, 0.6) is 0 Å². The number of nitrogens with one attached hydrogen (secondary N) is 2. The third-order valence-electron chi connectivity index (χ3n) is 7.06. The highest BCUT2D eigenvalue weighted by atomic mass is 32.2. The first-order valence-electron chi connectivity index (χ1n) is 13.1. The molecule has 204 valence electrons. The van der Waals surface area contributed by atoms with Crippen LogP contribution < -0.4 is 10.9 Å². The summed E-state index contributed by atoms with van der Waals surface area (Å²) in [5.74, 6) is 1.21. The molecule has 1 aliphatic carbocycles. The number of nitrogens with zero attached hydrogens (tertiary/aromatic N) is 8. The van der Waals surface area contributed by atoms with Crippen LogP contribution in [0.2, 0.25) is 0 Å².